The fourth-order valence-corrected chi connectivity index (χ4v) is 1.14. The van der Waals surface area contributed by atoms with Crippen molar-refractivity contribution in [3.63, 3.8) is 0 Å². The van der Waals surface area contributed by atoms with Gasteiger partial charge in [0.1, 0.15) is 0 Å². The van der Waals surface area contributed by atoms with Crippen LogP contribution in [-0.4, -0.2) is 28.4 Å². The van der Waals surface area contributed by atoms with Crippen molar-refractivity contribution in [2.75, 3.05) is 12.4 Å². The van der Waals surface area contributed by atoms with Gasteiger partial charge in [-0.1, -0.05) is 6.07 Å². The van der Waals surface area contributed by atoms with Gasteiger partial charge in [-0.05, 0) is 11.6 Å². The number of hydrogen-bond acceptors (Lipinski definition) is 4. The van der Waals surface area contributed by atoms with Crippen LogP contribution >= 0.6 is 11.6 Å². The van der Waals surface area contributed by atoms with Crippen LogP contribution < -0.4 is 5.32 Å². The lowest BCUT2D eigenvalue weighted by atomic mass is 10.3. The minimum atomic E-state index is -0.570. The summed E-state index contributed by atoms with van der Waals surface area (Å²) in [5.74, 6) is 0.283. The number of hydrogen-bond donors (Lipinski definition) is 1. The van der Waals surface area contributed by atoms with Gasteiger partial charge >= 0.3 is 6.03 Å². The maximum atomic E-state index is 11.4. The smallest absolute Gasteiger partial charge is 0.335 e. The Kier molecular flexibility index (Phi) is 5.21. The number of rotatable bonds is 5. The van der Waals surface area contributed by atoms with E-state index in [1.54, 1.807) is 24.5 Å². The number of nitrogens with one attached hydrogen (secondary N) is 1. The lowest BCUT2D eigenvalue weighted by Gasteiger charge is -2.13. The molecule has 0 radical (unpaired) electrons. The average molecular weight is 243 g/mol. The zero-order valence-electron chi connectivity index (χ0n) is 8.47. The monoisotopic (exact) mass is 242 g/mol. The molecule has 86 valence electrons. The molecule has 0 bridgehead atoms. The second-order valence-corrected chi connectivity index (χ2v) is 3.30. The molecular formula is C9H11ClN4O2. The van der Waals surface area contributed by atoms with Gasteiger partial charge in [-0.15, -0.1) is 16.5 Å². The first-order valence-electron chi connectivity index (χ1n) is 4.61. The number of aromatic nitrogens is 1. The van der Waals surface area contributed by atoms with Crippen molar-refractivity contribution >= 4 is 17.6 Å². The number of carbonyl (C=O) groups is 1. The Morgan fingerprint density at radius 3 is 3.00 bits per heavy atom. The summed E-state index contributed by atoms with van der Waals surface area (Å²) in [6, 6.07) is 2.90. The summed E-state index contributed by atoms with van der Waals surface area (Å²) in [6.45, 7) is 0.380. The van der Waals surface area contributed by atoms with Crippen molar-refractivity contribution in [1.82, 2.24) is 15.3 Å². The van der Waals surface area contributed by atoms with Crippen LogP contribution in [0.25, 0.3) is 0 Å². The molecule has 0 saturated heterocycles. The van der Waals surface area contributed by atoms with Gasteiger partial charge in [-0.2, -0.15) is 5.01 Å². The SMILES string of the molecule is O=NN(Cc1cccnc1)C(=O)NCCCl. The Morgan fingerprint density at radius 1 is 1.62 bits per heavy atom. The van der Waals surface area contributed by atoms with Crippen LogP contribution in [0.3, 0.4) is 0 Å². The first kappa shape index (κ1) is 12.4. The molecule has 1 rings (SSSR count). The number of amides is 2. The summed E-state index contributed by atoms with van der Waals surface area (Å²) < 4.78 is 0. The van der Waals surface area contributed by atoms with Crippen LogP contribution in [-0.2, 0) is 6.54 Å². The van der Waals surface area contributed by atoms with Crippen LogP contribution in [0.4, 0.5) is 4.79 Å². The Morgan fingerprint density at radius 2 is 2.44 bits per heavy atom. The van der Waals surface area contributed by atoms with Crippen LogP contribution in [0.5, 0.6) is 0 Å². The fraction of sp³-hybridized carbons (Fsp3) is 0.333. The van der Waals surface area contributed by atoms with Gasteiger partial charge in [-0.3, -0.25) is 4.98 Å². The molecule has 6 nitrogen and oxygen atoms in total. The Balaban J connectivity index is 2.55. The van der Waals surface area contributed by atoms with Crippen molar-refractivity contribution in [3.05, 3.63) is 35.0 Å². The summed E-state index contributed by atoms with van der Waals surface area (Å²) in [7, 11) is 0. The highest BCUT2D eigenvalue weighted by molar-refractivity contribution is 6.18. The summed E-state index contributed by atoms with van der Waals surface area (Å²) in [5, 5.41) is 5.86. The van der Waals surface area contributed by atoms with E-state index in [2.05, 4.69) is 15.6 Å². The molecule has 0 aliphatic carbocycles. The molecule has 2 amide bonds. The number of nitrogens with zero attached hydrogens (tertiary/aromatic N) is 3. The fourth-order valence-electron chi connectivity index (χ4n) is 1.05. The Hall–Kier alpha value is -1.69. The van der Waals surface area contributed by atoms with E-state index in [1.165, 1.54) is 0 Å². The van der Waals surface area contributed by atoms with Crippen molar-refractivity contribution in [2.45, 2.75) is 6.54 Å². The van der Waals surface area contributed by atoms with Crippen molar-refractivity contribution in [1.29, 1.82) is 0 Å². The first-order chi connectivity index (χ1) is 7.77. The highest BCUT2D eigenvalue weighted by Gasteiger charge is 2.13. The van der Waals surface area contributed by atoms with E-state index in [-0.39, 0.29) is 12.4 Å². The zero-order valence-corrected chi connectivity index (χ0v) is 9.22. The third-order valence-corrected chi connectivity index (χ3v) is 1.95. The van der Waals surface area contributed by atoms with E-state index < -0.39 is 6.03 Å². The maximum Gasteiger partial charge on any atom is 0.340 e. The van der Waals surface area contributed by atoms with Gasteiger partial charge in [0, 0.05) is 24.8 Å². The summed E-state index contributed by atoms with van der Waals surface area (Å²) >= 11 is 5.40. The second kappa shape index (κ2) is 6.73. The third-order valence-electron chi connectivity index (χ3n) is 1.76. The summed E-state index contributed by atoms with van der Waals surface area (Å²) in [4.78, 5) is 25.7. The Bertz CT molecular complexity index is 347. The Labute approximate surface area is 97.6 Å². The van der Waals surface area contributed by atoms with E-state index in [0.29, 0.717) is 6.54 Å². The van der Waals surface area contributed by atoms with Crippen molar-refractivity contribution in [3.8, 4) is 0 Å². The molecule has 0 aliphatic rings. The highest BCUT2D eigenvalue weighted by atomic mass is 35.5. The topological polar surface area (TPSA) is 74.7 Å². The van der Waals surface area contributed by atoms with Gasteiger partial charge in [0.25, 0.3) is 0 Å². The van der Waals surface area contributed by atoms with E-state index >= 15 is 0 Å². The van der Waals surface area contributed by atoms with E-state index in [4.69, 9.17) is 11.6 Å². The zero-order chi connectivity index (χ0) is 11.8. The number of urea groups is 1. The van der Waals surface area contributed by atoms with Crippen molar-refractivity contribution in [2.24, 2.45) is 5.29 Å². The predicted octanol–water partition coefficient (Wildman–Crippen LogP) is 1.51. The first-order valence-corrected chi connectivity index (χ1v) is 5.15. The lowest BCUT2D eigenvalue weighted by Crippen LogP contribution is -2.36. The molecule has 0 atom stereocenters. The molecule has 1 aromatic heterocycles. The largest absolute Gasteiger partial charge is 0.340 e. The van der Waals surface area contributed by atoms with Crippen LogP contribution in [0.2, 0.25) is 0 Å². The average Bonchev–Trinajstić information content (AvgIpc) is 2.34. The second-order valence-electron chi connectivity index (χ2n) is 2.92. The summed E-state index contributed by atoms with van der Waals surface area (Å²) in [5.41, 5.74) is 0.725. The number of nitroso groups, excluding NO2 is 1. The van der Waals surface area contributed by atoms with E-state index in [9.17, 15) is 9.70 Å². The molecule has 0 aromatic carbocycles. The third kappa shape index (κ3) is 3.82. The predicted molar refractivity (Wildman–Crippen MR) is 59.7 cm³/mol. The van der Waals surface area contributed by atoms with E-state index in [0.717, 1.165) is 10.6 Å². The van der Waals surface area contributed by atoms with Gasteiger partial charge in [0.15, 0.2) is 0 Å². The van der Waals surface area contributed by atoms with Crippen LogP contribution in [0.15, 0.2) is 29.8 Å². The number of carbonyl (C=O) groups excluding carboxylic acids is 1. The van der Waals surface area contributed by atoms with Crippen LogP contribution in [0, 0.1) is 4.91 Å². The van der Waals surface area contributed by atoms with Crippen LogP contribution in [0.1, 0.15) is 5.56 Å². The molecule has 0 aliphatic heterocycles. The minimum absolute atomic E-state index is 0.0887. The standard InChI is InChI=1S/C9H11ClN4O2/c10-3-5-12-9(15)14(13-16)7-8-2-1-4-11-6-8/h1-2,4,6H,3,5,7H2,(H,12,15). The lowest BCUT2D eigenvalue weighted by molar-refractivity contribution is 0.197. The van der Waals surface area contributed by atoms with Gasteiger partial charge in [-0.25, -0.2) is 4.79 Å². The maximum absolute atomic E-state index is 11.4. The molecule has 7 heteroatoms. The molecule has 1 heterocycles. The minimum Gasteiger partial charge on any atom is -0.335 e. The van der Waals surface area contributed by atoms with Gasteiger partial charge in [0.05, 0.1) is 11.8 Å². The van der Waals surface area contributed by atoms with Gasteiger partial charge in [0.2, 0.25) is 0 Å². The van der Waals surface area contributed by atoms with E-state index in [1.807, 2.05) is 0 Å². The quantitative estimate of drug-likeness (QED) is 0.483. The number of pyridine rings is 1. The number of alkyl halides is 1. The van der Waals surface area contributed by atoms with Gasteiger partial charge < -0.3 is 5.32 Å². The molecule has 0 saturated carbocycles. The molecule has 16 heavy (non-hydrogen) atoms. The normalized spacial score (nSPS) is 9.56. The molecule has 0 fully saturated rings. The molecule has 1 N–H and O–H groups in total. The molecule has 0 spiro atoms. The molecule has 0 unspecified atom stereocenters. The number of halogens is 1. The molecule has 1 aromatic rings. The summed E-state index contributed by atoms with van der Waals surface area (Å²) in [6.07, 6.45) is 3.17. The van der Waals surface area contributed by atoms with Crippen molar-refractivity contribution < 1.29 is 4.79 Å². The highest BCUT2D eigenvalue weighted by Crippen LogP contribution is 2.03. The molecular weight excluding hydrogens is 232 g/mol.